The maximum atomic E-state index is 13.6. The van der Waals surface area contributed by atoms with Crippen molar-refractivity contribution in [3.63, 3.8) is 0 Å². The van der Waals surface area contributed by atoms with E-state index in [4.69, 9.17) is 5.73 Å². The van der Waals surface area contributed by atoms with E-state index in [9.17, 15) is 23.2 Å². The molecule has 1 saturated heterocycles. The van der Waals surface area contributed by atoms with E-state index in [1.807, 2.05) is 24.3 Å². The van der Waals surface area contributed by atoms with Crippen molar-refractivity contribution in [2.75, 3.05) is 44.6 Å². The number of aromatic nitrogens is 1. The summed E-state index contributed by atoms with van der Waals surface area (Å²) in [7, 11) is 0. The minimum absolute atomic E-state index is 0.00699. The van der Waals surface area contributed by atoms with Crippen LogP contribution in [0.2, 0.25) is 0 Å². The lowest BCUT2D eigenvalue weighted by molar-refractivity contribution is -0.136. The van der Waals surface area contributed by atoms with Crippen LogP contribution in [0.25, 0.3) is 10.9 Å². The first kappa shape index (κ1) is 36.7. The fourth-order valence-corrected chi connectivity index (χ4v) is 6.61. The first-order valence-corrected chi connectivity index (χ1v) is 17.7. The summed E-state index contributed by atoms with van der Waals surface area (Å²) >= 11 is 0. The van der Waals surface area contributed by atoms with Gasteiger partial charge in [0.25, 0.3) is 0 Å². The molecule has 1 atom stereocenters. The van der Waals surface area contributed by atoms with Crippen molar-refractivity contribution in [1.29, 1.82) is 0 Å². The predicted molar refractivity (Wildman–Crippen MR) is 193 cm³/mol. The average molecular weight is 687 g/mol. The minimum Gasteiger partial charge on any atom is -0.359 e. The number of carbonyl (C=O) groups is 3. The number of nitrogens with one attached hydrogen (secondary N) is 3. The normalized spacial score (nSPS) is 14.2. The summed E-state index contributed by atoms with van der Waals surface area (Å²) in [4.78, 5) is 47.1. The van der Waals surface area contributed by atoms with E-state index in [1.165, 1.54) is 24.3 Å². The highest BCUT2D eigenvalue weighted by Crippen LogP contribution is 2.30. The molecule has 3 amide bonds. The van der Waals surface area contributed by atoms with Crippen LogP contribution in [0.5, 0.6) is 0 Å². The van der Waals surface area contributed by atoms with Crippen molar-refractivity contribution in [2.24, 2.45) is 5.73 Å². The van der Waals surface area contributed by atoms with Gasteiger partial charge in [-0.05, 0) is 80.2 Å². The number of piperazine rings is 1. The number of para-hydroxylation sites is 1. The van der Waals surface area contributed by atoms with Gasteiger partial charge in [0.05, 0.1) is 12.1 Å². The third kappa shape index (κ3) is 10.4. The van der Waals surface area contributed by atoms with E-state index in [2.05, 4.69) is 20.5 Å². The highest BCUT2D eigenvalue weighted by atomic mass is 19.1. The molecule has 0 radical (unpaired) electrons. The van der Waals surface area contributed by atoms with Gasteiger partial charge in [0.2, 0.25) is 17.7 Å². The van der Waals surface area contributed by atoms with Crippen LogP contribution in [0.3, 0.4) is 0 Å². The Bertz CT molecular complexity index is 1640. The summed E-state index contributed by atoms with van der Waals surface area (Å²) in [5.74, 6) is -1.45. The van der Waals surface area contributed by atoms with Gasteiger partial charge in [0, 0.05) is 55.6 Å². The fourth-order valence-electron chi connectivity index (χ4n) is 6.61. The van der Waals surface area contributed by atoms with Gasteiger partial charge in [-0.25, -0.2) is 8.78 Å². The van der Waals surface area contributed by atoms with Gasteiger partial charge in [-0.15, -0.1) is 0 Å². The maximum Gasteiger partial charge on any atom is 0.247 e. The summed E-state index contributed by atoms with van der Waals surface area (Å²) in [6.45, 7) is 3.84. The standard InChI is InChI=1S/C39H48F2N6O3/c40-30-16-12-28(13-17-30)32(29-14-18-31(41)19-15-29)9-7-21-46-22-24-47(25-23-46)38(49)26-35(44-37(48)11-3-1-2-6-20-42)39(50)45-36-27-43-34-10-5-4-8-33(34)36/h4-5,8,10,12-19,27,32,35,43H,1-3,6-7,9,11,20-26,42H2,(H,44,48)(H,45,50). The van der Waals surface area contributed by atoms with Crippen molar-refractivity contribution < 1.29 is 23.2 Å². The molecule has 0 saturated carbocycles. The lowest BCUT2D eigenvalue weighted by atomic mass is 9.87. The Morgan fingerprint density at radius 1 is 0.800 bits per heavy atom. The minimum atomic E-state index is -1.01. The Morgan fingerprint density at radius 2 is 1.44 bits per heavy atom. The quantitative estimate of drug-likeness (QED) is 0.103. The number of anilines is 1. The Balaban J connectivity index is 1.14. The molecule has 1 aliphatic rings. The lowest BCUT2D eigenvalue weighted by Gasteiger charge is -2.35. The second-order valence-corrected chi connectivity index (χ2v) is 13.0. The van der Waals surface area contributed by atoms with Gasteiger partial charge in [-0.3, -0.25) is 19.3 Å². The van der Waals surface area contributed by atoms with Crippen LogP contribution in [0.4, 0.5) is 14.5 Å². The molecule has 1 aliphatic heterocycles. The molecule has 0 aliphatic carbocycles. The third-order valence-electron chi connectivity index (χ3n) is 9.47. The monoisotopic (exact) mass is 686 g/mol. The van der Waals surface area contributed by atoms with Gasteiger partial charge >= 0.3 is 0 Å². The molecule has 5 rings (SSSR count). The molecule has 0 spiro atoms. The number of unbranched alkanes of at least 4 members (excludes halogenated alkanes) is 3. The molecule has 4 aromatic rings. The Labute approximate surface area is 292 Å². The zero-order valence-electron chi connectivity index (χ0n) is 28.5. The van der Waals surface area contributed by atoms with Gasteiger partial charge in [0.15, 0.2) is 0 Å². The molecule has 2 heterocycles. The van der Waals surface area contributed by atoms with Crippen molar-refractivity contribution in [1.82, 2.24) is 20.1 Å². The number of rotatable bonds is 17. The average Bonchev–Trinajstić information content (AvgIpc) is 3.53. The zero-order chi connectivity index (χ0) is 35.3. The van der Waals surface area contributed by atoms with E-state index >= 15 is 0 Å². The number of H-pyrrole nitrogens is 1. The third-order valence-corrected chi connectivity index (χ3v) is 9.47. The summed E-state index contributed by atoms with van der Waals surface area (Å²) < 4.78 is 27.3. The van der Waals surface area contributed by atoms with Crippen molar-refractivity contribution >= 4 is 34.3 Å². The topological polar surface area (TPSA) is 124 Å². The molecule has 1 unspecified atom stereocenters. The Kier molecular flexibility index (Phi) is 13.5. The Morgan fingerprint density at radius 3 is 2.10 bits per heavy atom. The lowest BCUT2D eigenvalue weighted by Crippen LogP contribution is -2.52. The number of nitrogens with zero attached hydrogens (tertiary/aromatic N) is 2. The number of aromatic amines is 1. The van der Waals surface area contributed by atoms with Crippen LogP contribution in [-0.4, -0.2) is 77.8 Å². The largest absolute Gasteiger partial charge is 0.359 e. The molecule has 266 valence electrons. The second kappa shape index (κ2) is 18.4. The van der Waals surface area contributed by atoms with E-state index in [1.54, 1.807) is 35.4 Å². The van der Waals surface area contributed by atoms with Gasteiger partial charge < -0.3 is 26.3 Å². The van der Waals surface area contributed by atoms with Crippen LogP contribution in [0, 0.1) is 11.6 Å². The van der Waals surface area contributed by atoms with Crippen LogP contribution in [0.1, 0.15) is 68.4 Å². The SMILES string of the molecule is NCCCCCCC(=O)NC(CC(=O)N1CCN(CCCC(c2ccc(F)cc2)c2ccc(F)cc2)CC1)C(=O)Nc1c[nH]c2ccccc12. The van der Waals surface area contributed by atoms with E-state index in [-0.39, 0.29) is 42.2 Å². The first-order chi connectivity index (χ1) is 24.3. The van der Waals surface area contributed by atoms with Crippen LogP contribution >= 0.6 is 0 Å². The summed E-state index contributed by atoms with van der Waals surface area (Å²) in [6, 6.07) is 19.5. The van der Waals surface area contributed by atoms with Crippen molar-refractivity contribution in [3.8, 4) is 0 Å². The van der Waals surface area contributed by atoms with E-state index in [0.717, 1.165) is 60.7 Å². The second-order valence-electron chi connectivity index (χ2n) is 13.0. The Hall–Kier alpha value is -4.61. The summed E-state index contributed by atoms with van der Waals surface area (Å²) in [5.41, 5.74) is 9.00. The fraction of sp³-hybridized carbons (Fsp3) is 0.410. The smallest absolute Gasteiger partial charge is 0.247 e. The molecule has 1 fully saturated rings. The molecule has 1 aromatic heterocycles. The van der Waals surface area contributed by atoms with Crippen LogP contribution in [0.15, 0.2) is 79.0 Å². The number of nitrogens with two attached hydrogens (primary N) is 1. The molecule has 9 nitrogen and oxygen atoms in total. The van der Waals surface area contributed by atoms with Gasteiger partial charge in [-0.2, -0.15) is 0 Å². The van der Waals surface area contributed by atoms with Crippen molar-refractivity contribution in [2.45, 2.75) is 63.3 Å². The number of benzene rings is 3. The highest BCUT2D eigenvalue weighted by Gasteiger charge is 2.29. The molecular weight excluding hydrogens is 638 g/mol. The summed E-state index contributed by atoms with van der Waals surface area (Å²) in [6.07, 6.45) is 6.93. The van der Waals surface area contributed by atoms with Crippen LogP contribution in [-0.2, 0) is 14.4 Å². The van der Waals surface area contributed by atoms with Crippen LogP contribution < -0.4 is 16.4 Å². The number of amides is 3. The molecule has 5 N–H and O–H groups in total. The molecule has 3 aromatic carbocycles. The molecular formula is C39H48F2N6O3. The predicted octanol–water partition coefficient (Wildman–Crippen LogP) is 5.93. The number of fused-ring (bicyclic) bond motifs is 1. The molecule has 50 heavy (non-hydrogen) atoms. The number of halogens is 2. The highest BCUT2D eigenvalue weighted by molar-refractivity contribution is 6.05. The van der Waals surface area contributed by atoms with Crippen molar-refractivity contribution in [3.05, 3.63) is 102 Å². The number of hydrogen-bond donors (Lipinski definition) is 4. The zero-order valence-corrected chi connectivity index (χ0v) is 28.5. The summed E-state index contributed by atoms with van der Waals surface area (Å²) in [5, 5.41) is 6.59. The maximum absolute atomic E-state index is 13.6. The van der Waals surface area contributed by atoms with Gasteiger partial charge in [-0.1, -0.05) is 55.3 Å². The molecule has 0 bridgehead atoms. The number of hydrogen-bond acceptors (Lipinski definition) is 5. The van der Waals surface area contributed by atoms with E-state index < -0.39 is 11.9 Å². The number of carbonyl (C=O) groups excluding carboxylic acids is 3. The first-order valence-electron chi connectivity index (χ1n) is 17.7. The molecule has 11 heteroatoms. The van der Waals surface area contributed by atoms with E-state index in [0.29, 0.717) is 44.8 Å². The van der Waals surface area contributed by atoms with Gasteiger partial charge in [0.1, 0.15) is 17.7 Å².